The number of hydrogen-bond donors (Lipinski definition) is 3. The Hall–Kier alpha value is -2.97. The molecule has 6 nitrogen and oxygen atoms in total. The molecule has 0 saturated heterocycles. The molecule has 0 aliphatic carbocycles. The van der Waals surface area contributed by atoms with Crippen molar-refractivity contribution in [3.63, 3.8) is 0 Å². The standard InChI is InChI=1S/C23H16Cl3N3O3S/c24-13-5-3-12(4-6-13)20(30)21-19(27)18(23(33-21)28-11-15-2-1-9-32-15)22(31)29-17-10-14(25)7-8-16(17)26/h1-10,28H,11,27H2,(H,29,31). The van der Waals surface area contributed by atoms with Gasteiger partial charge < -0.3 is 20.8 Å². The second-order valence-electron chi connectivity index (χ2n) is 6.90. The van der Waals surface area contributed by atoms with E-state index in [1.807, 2.05) is 0 Å². The number of hydrogen-bond acceptors (Lipinski definition) is 6. The topological polar surface area (TPSA) is 97.4 Å². The maximum Gasteiger partial charge on any atom is 0.260 e. The van der Waals surface area contributed by atoms with E-state index in [0.717, 1.165) is 11.3 Å². The first-order valence-electron chi connectivity index (χ1n) is 9.58. The van der Waals surface area contributed by atoms with Crippen molar-refractivity contribution >= 4 is 74.2 Å². The fraction of sp³-hybridized carbons (Fsp3) is 0.0435. The summed E-state index contributed by atoms with van der Waals surface area (Å²) in [6.07, 6.45) is 1.55. The first kappa shape index (κ1) is 23.2. The summed E-state index contributed by atoms with van der Waals surface area (Å²) in [5, 5.41) is 7.49. The molecule has 168 valence electrons. The Labute approximate surface area is 208 Å². The highest BCUT2D eigenvalue weighted by Crippen LogP contribution is 2.38. The normalized spacial score (nSPS) is 10.8. The van der Waals surface area contributed by atoms with Gasteiger partial charge in [-0.25, -0.2) is 0 Å². The average molecular weight is 521 g/mol. The van der Waals surface area contributed by atoms with Crippen LogP contribution < -0.4 is 16.4 Å². The number of nitrogens with one attached hydrogen (secondary N) is 2. The molecule has 1 amide bonds. The number of carbonyl (C=O) groups is 2. The highest BCUT2D eigenvalue weighted by molar-refractivity contribution is 7.19. The van der Waals surface area contributed by atoms with Gasteiger partial charge in [0, 0.05) is 15.6 Å². The third-order valence-electron chi connectivity index (χ3n) is 4.66. The number of furan rings is 1. The van der Waals surface area contributed by atoms with Crippen LogP contribution in [0.4, 0.5) is 16.4 Å². The molecular weight excluding hydrogens is 505 g/mol. The zero-order valence-corrected chi connectivity index (χ0v) is 19.9. The number of rotatable bonds is 7. The molecule has 0 atom stereocenters. The van der Waals surface area contributed by atoms with E-state index in [-0.39, 0.29) is 21.9 Å². The Morgan fingerprint density at radius 3 is 2.42 bits per heavy atom. The van der Waals surface area contributed by atoms with Crippen molar-refractivity contribution in [1.82, 2.24) is 0 Å². The zero-order chi connectivity index (χ0) is 23.5. The van der Waals surface area contributed by atoms with Gasteiger partial charge in [-0.2, -0.15) is 0 Å². The molecule has 33 heavy (non-hydrogen) atoms. The van der Waals surface area contributed by atoms with Crippen molar-refractivity contribution in [2.45, 2.75) is 6.54 Å². The van der Waals surface area contributed by atoms with E-state index in [9.17, 15) is 9.59 Å². The van der Waals surface area contributed by atoms with Crippen LogP contribution in [0, 0.1) is 0 Å². The van der Waals surface area contributed by atoms with Crippen LogP contribution >= 0.6 is 46.1 Å². The first-order chi connectivity index (χ1) is 15.8. The van der Waals surface area contributed by atoms with E-state index >= 15 is 0 Å². The molecule has 2 heterocycles. The number of thiophene rings is 1. The quantitative estimate of drug-likeness (QED) is 0.228. The fourth-order valence-electron chi connectivity index (χ4n) is 3.05. The molecule has 4 N–H and O–H groups in total. The maximum absolute atomic E-state index is 13.2. The van der Waals surface area contributed by atoms with Crippen molar-refractivity contribution in [1.29, 1.82) is 0 Å². The lowest BCUT2D eigenvalue weighted by Crippen LogP contribution is -2.16. The second kappa shape index (κ2) is 9.89. The maximum atomic E-state index is 13.2. The molecule has 2 aromatic carbocycles. The molecule has 10 heteroatoms. The number of amides is 1. The van der Waals surface area contributed by atoms with Crippen LogP contribution in [-0.2, 0) is 6.54 Å². The summed E-state index contributed by atoms with van der Waals surface area (Å²) in [4.78, 5) is 26.6. The van der Waals surface area contributed by atoms with E-state index in [1.165, 1.54) is 6.07 Å². The lowest BCUT2D eigenvalue weighted by molar-refractivity contribution is 0.102. The van der Waals surface area contributed by atoms with Crippen LogP contribution in [0.2, 0.25) is 15.1 Å². The third kappa shape index (κ3) is 5.17. The Morgan fingerprint density at radius 1 is 1.00 bits per heavy atom. The summed E-state index contributed by atoms with van der Waals surface area (Å²) >= 11 is 19.2. The van der Waals surface area contributed by atoms with Crippen LogP contribution in [0.5, 0.6) is 0 Å². The van der Waals surface area contributed by atoms with Crippen LogP contribution in [0.15, 0.2) is 65.3 Å². The number of anilines is 3. The Morgan fingerprint density at radius 2 is 1.73 bits per heavy atom. The van der Waals surface area contributed by atoms with Crippen LogP contribution in [0.25, 0.3) is 0 Å². The molecule has 4 rings (SSSR count). The molecule has 0 aliphatic rings. The van der Waals surface area contributed by atoms with Gasteiger partial charge in [0.2, 0.25) is 5.78 Å². The van der Waals surface area contributed by atoms with E-state index < -0.39 is 5.91 Å². The van der Waals surface area contributed by atoms with Gasteiger partial charge in [-0.1, -0.05) is 34.8 Å². The minimum absolute atomic E-state index is 0.0533. The van der Waals surface area contributed by atoms with Crippen molar-refractivity contribution < 1.29 is 14.0 Å². The fourth-order valence-corrected chi connectivity index (χ4v) is 4.59. The number of nitrogen functional groups attached to an aromatic ring is 1. The number of carbonyl (C=O) groups excluding carboxylic acids is 2. The largest absolute Gasteiger partial charge is 0.467 e. The van der Waals surface area contributed by atoms with Crippen LogP contribution in [0.1, 0.15) is 31.4 Å². The number of benzene rings is 2. The lowest BCUT2D eigenvalue weighted by atomic mass is 10.1. The first-order valence-corrected chi connectivity index (χ1v) is 11.5. The predicted molar refractivity (Wildman–Crippen MR) is 134 cm³/mol. The van der Waals surface area contributed by atoms with Gasteiger partial charge in [0.05, 0.1) is 34.8 Å². The average Bonchev–Trinajstić information content (AvgIpc) is 3.42. The van der Waals surface area contributed by atoms with Crippen LogP contribution in [-0.4, -0.2) is 11.7 Å². The minimum atomic E-state index is -0.537. The lowest BCUT2D eigenvalue weighted by Gasteiger charge is -2.10. The molecule has 0 unspecified atom stereocenters. The van der Waals surface area contributed by atoms with E-state index in [2.05, 4.69) is 10.6 Å². The highest BCUT2D eigenvalue weighted by Gasteiger charge is 2.27. The summed E-state index contributed by atoms with van der Waals surface area (Å²) in [5.41, 5.74) is 7.22. The molecular formula is C23H16Cl3N3O3S. The summed E-state index contributed by atoms with van der Waals surface area (Å²) < 4.78 is 5.34. The summed E-state index contributed by atoms with van der Waals surface area (Å²) in [5.74, 6) is -0.211. The molecule has 0 saturated carbocycles. The predicted octanol–water partition coefficient (Wildman–Crippen LogP) is 6.98. The molecule has 0 fully saturated rings. The van der Waals surface area contributed by atoms with E-state index in [1.54, 1.807) is 54.8 Å². The smallest absolute Gasteiger partial charge is 0.260 e. The SMILES string of the molecule is Nc1c(C(=O)c2ccc(Cl)cc2)sc(NCc2ccco2)c1C(=O)Nc1cc(Cl)ccc1Cl. The van der Waals surface area contributed by atoms with Gasteiger partial charge >= 0.3 is 0 Å². The number of halogens is 3. The number of ketones is 1. The molecule has 0 aliphatic heterocycles. The molecule has 2 aromatic heterocycles. The Kier molecular flexibility index (Phi) is 6.95. The Balaban J connectivity index is 1.71. The van der Waals surface area contributed by atoms with Gasteiger partial charge in [0.15, 0.2) is 0 Å². The van der Waals surface area contributed by atoms with Crippen molar-refractivity contribution in [2.75, 3.05) is 16.4 Å². The van der Waals surface area contributed by atoms with E-state index in [0.29, 0.717) is 43.6 Å². The van der Waals surface area contributed by atoms with Crippen molar-refractivity contribution in [2.24, 2.45) is 0 Å². The second-order valence-corrected chi connectivity index (χ2v) is 9.20. The minimum Gasteiger partial charge on any atom is -0.467 e. The summed E-state index contributed by atoms with van der Waals surface area (Å²) in [6.45, 7) is 0.291. The van der Waals surface area contributed by atoms with Gasteiger partial charge in [-0.3, -0.25) is 9.59 Å². The van der Waals surface area contributed by atoms with Gasteiger partial charge in [0.1, 0.15) is 15.6 Å². The zero-order valence-electron chi connectivity index (χ0n) is 16.8. The summed E-state index contributed by atoms with van der Waals surface area (Å²) in [7, 11) is 0. The summed E-state index contributed by atoms with van der Waals surface area (Å²) in [6, 6.07) is 14.7. The number of nitrogens with two attached hydrogens (primary N) is 1. The van der Waals surface area contributed by atoms with Gasteiger partial charge in [-0.15, -0.1) is 11.3 Å². The van der Waals surface area contributed by atoms with Gasteiger partial charge in [-0.05, 0) is 54.6 Å². The monoisotopic (exact) mass is 519 g/mol. The molecule has 4 aromatic rings. The van der Waals surface area contributed by atoms with E-state index in [4.69, 9.17) is 45.0 Å². The van der Waals surface area contributed by atoms with Gasteiger partial charge in [0.25, 0.3) is 5.91 Å². The Bertz CT molecular complexity index is 1320. The molecule has 0 spiro atoms. The van der Waals surface area contributed by atoms with Crippen LogP contribution in [0.3, 0.4) is 0 Å². The van der Waals surface area contributed by atoms with Crippen molar-refractivity contribution in [3.8, 4) is 0 Å². The highest BCUT2D eigenvalue weighted by atomic mass is 35.5. The van der Waals surface area contributed by atoms with Crippen molar-refractivity contribution in [3.05, 3.63) is 97.7 Å². The third-order valence-corrected chi connectivity index (χ3v) is 6.64. The molecule has 0 radical (unpaired) electrons. The molecule has 0 bridgehead atoms.